The van der Waals surface area contributed by atoms with Crippen LogP contribution in [0.4, 0.5) is 0 Å². The summed E-state index contributed by atoms with van der Waals surface area (Å²) in [6.45, 7) is 2.01. The van der Waals surface area contributed by atoms with Crippen LogP contribution in [0, 0.1) is 0 Å². The average Bonchev–Trinajstić information content (AvgIpc) is 2.85. The first-order valence-electron chi connectivity index (χ1n) is 4.66. The second kappa shape index (κ2) is 3.90. The van der Waals surface area contributed by atoms with Crippen molar-refractivity contribution in [2.24, 2.45) is 5.73 Å². The van der Waals surface area contributed by atoms with Gasteiger partial charge in [0.15, 0.2) is 0 Å². The number of amides is 1. The van der Waals surface area contributed by atoms with Gasteiger partial charge in [-0.25, -0.2) is 0 Å². The molecule has 1 aliphatic rings. The maximum atomic E-state index is 11.4. The second-order valence-corrected chi connectivity index (χ2v) is 3.61. The molecule has 0 aromatic rings. The molecule has 70 valence electrons. The average molecular weight is 170 g/mol. The Kier molecular flexibility index (Phi) is 3.09. The van der Waals surface area contributed by atoms with Crippen molar-refractivity contribution in [3.8, 4) is 0 Å². The van der Waals surface area contributed by atoms with Crippen LogP contribution in [-0.2, 0) is 4.79 Å². The Bertz CT molecular complexity index is 166. The highest BCUT2D eigenvalue weighted by Gasteiger charge is 2.29. The van der Waals surface area contributed by atoms with Crippen molar-refractivity contribution in [3.63, 3.8) is 0 Å². The van der Waals surface area contributed by atoms with E-state index in [4.69, 9.17) is 5.73 Å². The smallest absolute Gasteiger partial charge is 0.224 e. The van der Waals surface area contributed by atoms with E-state index in [0.29, 0.717) is 12.5 Å². The largest absolute Gasteiger partial charge is 0.343 e. The topological polar surface area (TPSA) is 46.3 Å². The summed E-state index contributed by atoms with van der Waals surface area (Å²) in [5.74, 6) is 0.201. The van der Waals surface area contributed by atoms with Crippen LogP contribution in [0.15, 0.2) is 0 Å². The van der Waals surface area contributed by atoms with E-state index in [0.717, 1.165) is 6.42 Å². The van der Waals surface area contributed by atoms with Crippen LogP contribution < -0.4 is 5.73 Å². The monoisotopic (exact) mass is 170 g/mol. The molecule has 0 spiro atoms. The Hall–Kier alpha value is -0.570. The molecule has 0 bridgehead atoms. The minimum atomic E-state index is 0.0405. The molecule has 1 saturated carbocycles. The molecule has 0 aromatic heterocycles. The Morgan fingerprint density at radius 2 is 2.25 bits per heavy atom. The van der Waals surface area contributed by atoms with Crippen LogP contribution in [-0.4, -0.2) is 29.9 Å². The van der Waals surface area contributed by atoms with E-state index in [2.05, 4.69) is 0 Å². The molecular weight excluding hydrogens is 152 g/mol. The summed E-state index contributed by atoms with van der Waals surface area (Å²) in [5.41, 5.74) is 5.68. The van der Waals surface area contributed by atoms with Gasteiger partial charge < -0.3 is 10.6 Å². The molecule has 2 N–H and O–H groups in total. The number of rotatable bonds is 4. The Morgan fingerprint density at radius 3 is 2.67 bits per heavy atom. The molecule has 12 heavy (non-hydrogen) atoms. The maximum absolute atomic E-state index is 11.4. The molecule has 3 nitrogen and oxygen atoms in total. The first-order valence-corrected chi connectivity index (χ1v) is 4.66. The predicted octanol–water partition coefficient (Wildman–Crippen LogP) is 0.735. The number of hydrogen-bond donors (Lipinski definition) is 1. The van der Waals surface area contributed by atoms with E-state index < -0.39 is 0 Å². The first-order chi connectivity index (χ1) is 5.65. The Labute approximate surface area is 73.9 Å². The molecule has 0 saturated heterocycles. The van der Waals surface area contributed by atoms with Gasteiger partial charge in [-0.1, -0.05) is 6.92 Å². The highest BCUT2D eigenvalue weighted by Crippen LogP contribution is 2.25. The number of nitrogens with two attached hydrogens (primary N) is 1. The third-order valence-corrected chi connectivity index (χ3v) is 2.45. The standard InChI is InChI=1S/C9H18N2O/c1-3-7(10)6-9(12)11(2)8-4-5-8/h7-8H,3-6,10H2,1-2H3. The fourth-order valence-electron chi connectivity index (χ4n) is 1.18. The van der Waals surface area contributed by atoms with Gasteiger partial charge in [-0.2, -0.15) is 0 Å². The fourth-order valence-corrected chi connectivity index (χ4v) is 1.18. The fraction of sp³-hybridized carbons (Fsp3) is 0.889. The number of nitrogens with zero attached hydrogens (tertiary/aromatic N) is 1. The molecule has 3 heteroatoms. The van der Waals surface area contributed by atoms with Gasteiger partial charge in [-0.05, 0) is 19.3 Å². The minimum absolute atomic E-state index is 0.0405. The summed E-state index contributed by atoms with van der Waals surface area (Å²) in [5, 5.41) is 0. The van der Waals surface area contributed by atoms with Gasteiger partial charge in [0, 0.05) is 25.6 Å². The highest BCUT2D eigenvalue weighted by atomic mass is 16.2. The van der Waals surface area contributed by atoms with E-state index in [1.165, 1.54) is 12.8 Å². The van der Waals surface area contributed by atoms with Crippen molar-refractivity contribution in [3.05, 3.63) is 0 Å². The van der Waals surface area contributed by atoms with Gasteiger partial charge in [0.1, 0.15) is 0 Å². The lowest BCUT2D eigenvalue weighted by molar-refractivity contribution is -0.130. The van der Waals surface area contributed by atoms with E-state index in [9.17, 15) is 4.79 Å². The van der Waals surface area contributed by atoms with Crippen LogP contribution in [0.5, 0.6) is 0 Å². The predicted molar refractivity (Wildman–Crippen MR) is 48.7 cm³/mol. The zero-order valence-electron chi connectivity index (χ0n) is 7.92. The van der Waals surface area contributed by atoms with E-state index >= 15 is 0 Å². The minimum Gasteiger partial charge on any atom is -0.343 e. The number of carbonyl (C=O) groups is 1. The maximum Gasteiger partial charge on any atom is 0.224 e. The van der Waals surface area contributed by atoms with Gasteiger partial charge in [0.05, 0.1) is 0 Å². The first kappa shape index (κ1) is 9.52. The molecule has 0 heterocycles. The van der Waals surface area contributed by atoms with Gasteiger partial charge in [-0.15, -0.1) is 0 Å². The van der Waals surface area contributed by atoms with Gasteiger partial charge in [-0.3, -0.25) is 4.79 Å². The normalized spacial score (nSPS) is 18.9. The molecule has 1 amide bonds. The SMILES string of the molecule is CCC(N)CC(=O)N(C)C1CC1. The van der Waals surface area contributed by atoms with Crippen LogP contribution in [0.3, 0.4) is 0 Å². The molecule has 1 rings (SSSR count). The number of carbonyl (C=O) groups excluding carboxylic acids is 1. The lowest BCUT2D eigenvalue weighted by Crippen LogP contribution is -2.34. The van der Waals surface area contributed by atoms with Crippen molar-refractivity contribution in [2.45, 2.75) is 44.7 Å². The summed E-state index contributed by atoms with van der Waals surface area (Å²) < 4.78 is 0. The van der Waals surface area contributed by atoms with Crippen molar-refractivity contribution in [1.82, 2.24) is 4.90 Å². The van der Waals surface area contributed by atoms with Gasteiger partial charge in [0.25, 0.3) is 0 Å². The summed E-state index contributed by atoms with van der Waals surface area (Å²) in [6.07, 6.45) is 3.72. The zero-order valence-corrected chi connectivity index (χ0v) is 7.92. The Balaban J connectivity index is 2.26. The van der Waals surface area contributed by atoms with Crippen molar-refractivity contribution < 1.29 is 4.79 Å². The molecule has 1 fully saturated rings. The summed E-state index contributed by atoms with van der Waals surface area (Å²) >= 11 is 0. The van der Waals surface area contributed by atoms with E-state index in [-0.39, 0.29) is 11.9 Å². The third kappa shape index (κ3) is 2.48. The van der Waals surface area contributed by atoms with E-state index in [1.807, 2.05) is 18.9 Å². The van der Waals surface area contributed by atoms with Crippen molar-refractivity contribution in [2.75, 3.05) is 7.05 Å². The molecule has 1 atom stereocenters. The van der Waals surface area contributed by atoms with Crippen LogP contribution in [0.25, 0.3) is 0 Å². The Morgan fingerprint density at radius 1 is 1.67 bits per heavy atom. The van der Waals surface area contributed by atoms with Crippen molar-refractivity contribution >= 4 is 5.91 Å². The van der Waals surface area contributed by atoms with Crippen LogP contribution in [0.1, 0.15) is 32.6 Å². The third-order valence-electron chi connectivity index (χ3n) is 2.45. The molecule has 0 radical (unpaired) electrons. The van der Waals surface area contributed by atoms with E-state index in [1.54, 1.807) is 0 Å². The van der Waals surface area contributed by atoms with Gasteiger partial charge >= 0.3 is 0 Å². The van der Waals surface area contributed by atoms with Gasteiger partial charge in [0.2, 0.25) is 5.91 Å². The highest BCUT2D eigenvalue weighted by molar-refractivity contribution is 5.77. The lowest BCUT2D eigenvalue weighted by atomic mass is 10.1. The lowest BCUT2D eigenvalue weighted by Gasteiger charge is -2.18. The summed E-state index contributed by atoms with van der Waals surface area (Å²) in [7, 11) is 1.88. The molecule has 1 aliphatic carbocycles. The molecular formula is C9H18N2O. The molecule has 0 aliphatic heterocycles. The summed E-state index contributed by atoms with van der Waals surface area (Å²) in [4.78, 5) is 13.3. The summed E-state index contributed by atoms with van der Waals surface area (Å²) in [6, 6.07) is 0.556. The number of hydrogen-bond acceptors (Lipinski definition) is 2. The quantitative estimate of drug-likeness (QED) is 0.676. The molecule has 1 unspecified atom stereocenters. The second-order valence-electron chi connectivity index (χ2n) is 3.61. The van der Waals surface area contributed by atoms with Crippen LogP contribution >= 0.6 is 0 Å². The molecule has 0 aromatic carbocycles. The van der Waals surface area contributed by atoms with Crippen molar-refractivity contribution in [1.29, 1.82) is 0 Å². The zero-order chi connectivity index (χ0) is 9.14. The van der Waals surface area contributed by atoms with Crippen LogP contribution in [0.2, 0.25) is 0 Å².